The van der Waals surface area contributed by atoms with E-state index < -0.39 is 12.2 Å². The molecule has 8 nitrogen and oxygen atoms in total. The minimum Gasteiger partial charge on any atom is -0.465 e. The Kier molecular flexibility index (Phi) is 2.79. The molecule has 0 spiro atoms. The Hall–Kier alpha value is -2.38. The van der Waals surface area contributed by atoms with Crippen LogP contribution in [-0.4, -0.2) is 32.4 Å². The average Bonchev–Trinajstić information content (AvgIpc) is 2.01. The minimum atomic E-state index is -1.32. The van der Waals surface area contributed by atoms with Crippen molar-refractivity contribution in [2.24, 2.45) is 0 Å². The molecule has 0 aromatic carbocycles. The largest absolute Gasteiger partial charge is 0.465 e. The van der Waals surface area contributed by atoms with Gasteiger partial charge >= 0.3 is 12.2 Å². The molecule has 2 amide bonds. The van der Waals surface area contributed by atoms with Gasteiger partial charge in [0.05, 0.1) is 0 Å². The highest BCUT2D eigenvalue weighted by Gasteiger charge is 2.03. The molecule has 4 N–H and O–H groups in total. The van der Waals surface area contributed by atoms with Crippen LogP contribution in [0.15, 0.2) is 12.3 Å². The molecule has 1 aromatic rings. The van der Waals surface area contributed by atoms with Gasteiger partial charge in [-0.3, -0.25) is 10.6 Å². The molecule has 0 atom stereocenters. The van der Waals surface area contributed by atoms with Gasteiger partial charge in [0.25, 0.3) is 0 Å². The molecule has 0 unspecified atom stereocenters. The number of amides is 2. The van der Waals surface area contributed by atoms with Crippen LogP contribution in [0.2, 0.25) is 0 Å². The number of nitrogens with one attached hydrogen (secondary N) is 2. The van der Waals surface area contributed by atoms with Crippen molar-refractivity contribution in [2.75, 3.05) is 10.6 Å². The number of rotatable bonds is 2. The second-order valence-electron chi connectivity index (χ2n) is 2.13. The minimum absolute atomic E-state index is 0.00347. The third kappa shape index (κ3) is 2.93. The van der Waals surface area contributed by atoms with Gasteiger partial charge in [0.1, 0.15) is 5.82 Å². The standard InChI is InChI=1S/C6H6N4O4/c11-5(12)9-3-1-2-7-4(8-3)10-6(13)14/h1-2H,(H,11,12)(H,13,14)(H2,7,8,9,10). The van der Waals surface area contributed by atoms with E-state index in [4.69, 9.17) is 10.2 Å². The number of hydrogen-bond acceptors (Lipinski definition) is 4. The smallest absolute Gasteiger partial charge is 0.411 e. The Morgan fingerprint density at radius 1 is 1.21 bits per heavy atom. The van der Waals surface area contributed by atoms with Crippen molar-refractivity contribution >= 4 is 24.0 Å². The Morgan fingerprint density at radius 2 is 1.86 bits per heavy atom. The number of carbonyl (C=O) groups is 2. The van der Waals surface area contributed by atoms with Crippen molar-refractivity contribution in [1.82, 2.24) is 9.97 Å². The molecule has 1 rings (SSSR count). The average molecular weight is 198 g/mol. The quantitative estimate of drug-likeness (QED) is 0.553. The van der Waals surface area contributed by atoms with E-state index in [0.717, 1.165) is 0 Å². The van der Waals surface area contributed by atoms with Crippen molar-refractivity contribution < 1.29 is 19.8 Å². The highest BCUT2D eigenvalue weighted by Crippen LogP contribution is 2.04. The number of anilines is 2. The van der Waals surface area contributed by atoms with E-state index in [9.17, 15) is 9.59 Å². The van der Waals surface area contributed by atoms with Crippen LogP contribution >= 0.6 is 0 Å². The van der Waals surface area contributed by atoms with E-state index in [0.29, 0.717) is 0 Å². The van der Waals surface area contributed by atoms with Crippen molar-refractivity contribution in [3.05, 3.63) is 12.3 Å². The second kappa shape index (κ2) is 4.03. The van der Waals surface area contributed by atoms with Gasteiger partial charge in [-0.1, -0.05) is 0 Å². The highest BCUT2D eigenvalue weighted by molar-refractivity contribution is 5.83. The number of nitrogens with zero attached hydrogens (tertiary/aromatic N) is 2. The highest BCUT2D eigenvalue weighted by atomic mass is 16.4. The van der Waals surface area contributed by atoms with Gasteiger partial charge in [0.15, 0.2) is 0 Å². The molecule has 0 saturated carbocycles. The molecule has 0 aliphatic heterocycles. The lowest BCUT2D eigenvalue weighted by molar-refractivity contribution is 0.208. The van der Waals surface area contributed by atoms with Gasteiger partial charge in [-0.15, -0.1) is 0 Å². The second-order valence-corrected chi connectivity index (χ2v) is 2.13. The van der Waals surface area contributed by atoms with Crippen molar-refractivity contribution in [1.29, 1.82) is 0 Å². The third-order valence-corrected chi connectivity index (χ3v) is 1.11. The van der Waals surface area contributed by atoms with E-state index in [-0.39, 0.29) is 11.8 Å². The summed E-state index contributed by atoms with van der Waals surface area (Å²) in [6.45, 7) is 0. The fourth-order valence-electron chi connectivity index (χ4n) is 0.694. The van der Waals surface area contributed by atoms with Crippen molar-refractivity contribution in [2.45, 2.75) is 0 Å². The van der Waals surface area contributed by atoms with Gasteiger partial charge in [-0.05, 0) is 6.07 Å². The third-order valence-electron chi connectivity index (χ3n) is 1.11. The molecule has 8 heteroatoms. The summed E-state index contributed by atoms with van der Waals surface area (Å²) in [5.41, 5.74) is 0. The zero-order valence-corrected chi connectivity index (χ0v) is 6.76. The maximum atomic E-state index is 10.2. The van der Waals surface area contributed by atoms with Crippen LogP contribution in [0.4, 0.5) is 21.4 Å². The molecule has 1 heterocycles. The molecule has 74 valence electrons. The van der Waals surface area contributed by atoms with Crippen LogP contribution in [0.1, 0.15) is 0 Å². The summed E-state index contributed by atoms with van der Waals surface area (Å²) < 4.78 is 0. The molecule has 0 aliphatic carbocycles. The van der Waals surface area contributed by atoms with E-state index in [2.05, 4.69) is 9.97 Å². The van der Waals surface area contributed by atoms with Crippen LogP contribution in [0, 0.1) is 0 Å². The van der Waals surface area contributed by atoms with E-state index in [1.165, 1.54) is 12.3 Å². The number of aromatic nitrogens is 2. The first kappa shape index (κ1) is 9.71. The molecule has 0 bridgehead atoms. The van der Waals surface area contributed by atoms with Crippen LogP contribution in [0.25, 0.3) is 0 Å². The van der Waals surface area contributed by atoms with Gasteiger partial charge in [-0.25, -0.2) is 14.6 Å². The Morgan fingerprint density at radius 3 is 2.43 bits per heavy atom. The maximum absolute atomic E-state index is 10.2. The predicted molar refractivity (Wildman–Crippen MR) is 45.3 cm³/mol. The van der Waals surface area contributed by atoms with Gasteiger partial charge in [-0.2, -0.15) is 4.98 Å². The first-order chi connectivity index (χ1) is 6.58. The summed E-state index contributed by atoms with van der Waals surface area (Å²) in [4.78, 5) is 27.5. The zero-order chi connectivity index (χ0) is 10.6. The van der Waals surface area contributed by atoms with Crippen molar-refractivity contribution in [3.63, 3.8) is 0 Å². The first-order valence-corrected chi connectivity index (χ1v) is 3.41. The summed E-state index contributed by atoms with van der Waals surface area (Å²) in [7, 11) is 0. The van der Waals surface area contributed by atoms with Crippen LogP contribution in [0.5, 0.6) is 0 Å². The maximum Gasteiger partial charge on any atom is 0.411 e. The fraction of sp³-hybridized carbons (Fsp3) is 0. The number of hydrogen-bond donors (Lipinski definition) is 4. The van der Waals surface area contributed by atoms with E-state index in [1.54, 1.807) is 0 Å². The summed E-state index contributed by atoms with van der Waals surface area (Å²) in [5, 5.41) is 20.5. The van der Waals surface area contributed by atoms with Crippen LogP contribution in [-0.2, 0) is 0 Å². The fourth-order valence-corrected chi connectivity index (χ4v) is 0.694. The van der Waals surface area contributed by atoms with Gasteiger partial charge < -0.3 is 10.2 Å². The molecule has 0 radical (unpaired) electrons. The van der Waals surface area contributed by atoms with Gasteiger partial charge in [0.2, 0.25) is 5.95 Å². The summed E-state index contributed by atoms with van der Waals surface area (Å²) in [6, 6.07) is 1.29. The van der Waals surface area contributed by atoms with E-state index in [1.807, 2.05) is 10.6 Å². The lowest BCUT2D eigenvalue weighted by Crippen LogP contribution is -2.13. The Bertz CT molecular complexity index is 335. The normalized spacial score (nSPS) is 9.14. The molecule has 1 aromatic heterocycles. The molecule has 0 aliphatic rings. The summed E-state index contributed by atoms with van der Waals surface area (Å²) >= 11 is 0. The van der Waals surface area contributed by atoms with Crippen LogP contribution < -0.4 is 10.6 Å². The van der Waals surface area contributed by atoms with E-state index >= 15 is 0 Å². The summed E-state index contributed by atoms with van der Waals surface area (Å²) in [6.07, 6.45) is -1.38. The molecular formula is C6H6N4O4. The van der Waals surface area contributed by atoms with Crippen LogP contribution in [0.3, 0.4) is 0 Å². The summed E-state index contributed by atoms with van der Waals surface area (Å²) in [5.74, 6) is -0.194. The lowest BCUT2D eigenvalue weighted by atomic mass is 10.6. The molecule has 14 heavy (non-hydrogen) atoms. The topological polar surface area (TPSA) is 124 Å². The Labute approximate surface area is 77.6 Å². The Balaban J connectivity index is 2.78. The number of carboxylic acid groups (broad SMARTS) is 2. The molecule has 0 saturated heterocycles. The SMILES string of the molecule is O=C(O)Nc1ccnc(NC(=O)O)n1. The monoisotopic (exact) mass is 198 g/mol. The van der Waals surface area contributed by atoms with Crippen molar-refractivity contribution in [3.8, 4) is 0 Å². The zero-order valence-electron chi connectivity index (χ0n) is 6.76. The molecular weight excluding hydrogens is 192 g/mol. The van der Waals surface area contributed by atoms with Gasteiger partial charge in [0, 0.05) is 6.20 Å². The lowest BCUT2D eigenvalue weighted by Gasteiger charge is -2.01. The molecule has 0 fully saturated rings. The first-order valence-electron chi connectivity index (χ1n) is 3.41. The predicted octanol–water partition coefficient (Wildman–Crippen LogP) is 0.656.